The van der Waals surface area contributed by atoms with Gasteiger partial charge in [-0.1, -0.05) is 133 Å². The summed E-state index contributed by atoms with van der Waals surface area (Å²) >= 11 is 0. The van der Waals surface area contributed by atoms with Gasteiger partial charge in [0.1, 0.15) is 0 Å². The van der Waals surface area contributed by atoms with Crippen molar-refractivity contribution in [3.05, 3.63) is 0 Å². The Hall–Kier alpha value is 0.217. The molecule has 2 rings (SSSR count). The molecular weight excluding hydrogens is 400 g/mol. The van der Waals surface area contributed by atoms with E-state index in [4.69, 9.17) is 0 Å². The van der Waals surface area contributed by atoms with Crippen LogP contribution in [0.2, 0.25) is 24.7 Å². The van der Waals surface area contributed by atoms with E-state index in [0.717, 1.165) is 17.8 Å². The normalized spacial score (nSPS) is 34.4. The average Bonchev–Trinajstić information content (AvgIpc) is 2.75. The van der Waals surface area contributed by atoms with Crippen LogP contribution in [0.25, 0.3) is 0 Å². The lowest BCUT2D eigenvalue weighted by atomic mass is 9.24. The third kappa shape index (κ3) is 4.22. The molecule has 6 atom stereocenters. The lowest BCUT2D eigenvalue weighted by Crippen LogP contribution is -2.74. The maximum atomic E-state index is 2.75. The van der Waals surface area contributed by atoms with E-state index < -0.39 is 8.07 Å². The second-order valence-electron chi connectivity index (χ2n) is 13.9. The quantitative estimate of drug-likeness (QED) is 0.168. The highest BCUT2D eigenvalue weighted by molar-refractivity contribution is 6.79. The third-order valence-corrected chi connectivity index (χ3v) is 16.8. The van der Waals surface area contributed by atoms with Crippen LogP contribution in [0.1, 0.15) is 139 Å². The van der Waals surface area contributed by atoms with Gasteiger partial charge in [-0.15, -0.1) is 0 Å². The van der Waals surface area contributed by atoms with E-state index in [9.17, 15) is 0 Å². The molecule has 6 unspecified atom stereocenters. The maximum Gasteiger partial charge on any atom is 0.0508 e. The molecule has 0 heterocycles. The van der Waals surface area contributed by atoms with E-state index in [1.54, 1.807) is 6.42 Å². The second-order valence-corrected chi connectivity index (χ2v) is 19.4. The topological polar surface area (TPSA) is 0 Å². The molecule has 2 saturated carbocycles. The summed E-state index contributed by atoms with van der Waals surface area (Å²) in [6.07, 6.45) is 18.8. The summed E-state index contributed by atoms with van der Waals surface area (Å²) in [6, 6.07) is 0. The monoisotopic (exact) mass is 462 g/mol. The summed E-state index contributed by atoms with van der Waals surface area (Å²) in [6.45, 7) is 28.2. The van der Waals surface area contributed by atoms with Crippen LogP contribution >= 0.6 is 0 Å². The third-order valence-electron chi connectivity index (χ3n) is 12.6. The fraction of sp³-hybridized carbons (Fsp3) is 1.00. The van der Waals surface area contributed by atoms with E-state index in [1.165, 1.54) is 77.0 Å². The van der Waals surface area contributed by atoms with Crippen molar-refractivity contribution in [1.29, 1.82) is 0 Å². The Balaban J connectivity index is 2.16. The second kappa shape index (κ2) is 10.5. The molecule has 2 aliphatic carbocycles. The molecule has 0 radical (unpaired) electrons. The average molecular weight is 463 g/mol. The van der Waals surface area contributed by atoms with Gasteiger partial charge in [0, 0.05) is 0 Å². The molecule has 0 N–H and O–H groups in total. The van der Waals surface area contributed by atoms with Crippen LogP contribution in [0.4, 0.5) is 0 Å². The summed E-state index contributed by atoms with van der Waals surface area (Å²) in [7, 11) is -1.19. The highest BCUT2D eigenvalue weighted by atomic mass is 28.3. The van der Waals surface area contributed by atoms with E-state index in [2.05, 4.69) is 75.0 Å². The number of rotatable bonds is 15. The van der Waals surface area contributed by atoms with Crippen molar-refractivity contribution in [2.75, 3.05) is 0 Å². The van der Waals surface area contributed by atoms with Crippen molar-refractivity contribution >= 4 is 8.07 Å². The van der Waals surface area contributed by atoms with Crippen molar-refractivity contribution < 1.29 is 0 Å². The largest absolute Gasteiger partial charge is 0.0691 e. The summed E-state index contributed by atoms with van der Waals surface area (Å²) in [4.78, 5) is 0. The molecule has 0 aromatic heterocycles. The number of hydrogen-bond donors (Lipinski definition) is 0. The van der Waals surface area contributed by atoms with Gasteiger partial charge in [0.05, 0.1) is 8.07 Å². The molecule has 190 valence electrons. The van der Waals surface area contributed by atoms with Gasteiger partial charge in [-0.3, -0.25) is 0 Å². The van der Waals surface area contributed by atoms with E-state index in [1.807, 2.05) is 0 Å². The van der Waals surface area contributed by atoms with Crippen molar-refractivity contribution in [3.63, 3.8) is 0 Å². The van der Waals surface area contributed by atoms with Gasteiger partial charge in [0.2, 0.25) is 0 Å². The molecule has 0 saturated heterocycles. The molecule has 2 fully saturated rings. The van der Waals surface area contributed by atoms with Gasteiger partial charge in [-0.25, -0.2) is 0 Å². The lowest BCUT2D eigenvalue weighted by molar-refractivity contribution is -0.323. The first-order valence-corrected chi connectivity index (χ1v) is 18.4. The molecule has 0 aliphatic heterocycles. The fourth-order valence-electron chi connectivity index (χ4n) is 10.0. The van der Waals surface area contributed by atoms with Gasteiger partial charge >= 0.3 is 0 Å². The van der Waals surface area contributed by atoms with Crippen molar-refractivity contribution in [2.24, 2.45) is 34.0 Å². The van der Waals surface area contributed by atoms with Crippen LogP contribution in [-0.4, -0.2) is 8.07 Å². The van der Waals surface area contributed by atoms with Crippen LogP contribution in [0.3, 0.4) is 0 Å². The van der Waals surface area contributed by atoms with E-state index in [-0.39, 0.29) is 0 Å². The highest BCUT2D eigenvalue weighted by Gasteiger charge is 2.76. The lowest BCUT2D eigenvalue weighted by Gasteiger charge is -2.81. The van der Waals surface area contributed by atoms with Gasteiger partial charge in [0.25, 0.3) is 0 Å². The van der Waals surface area contributed by atoms with Gasteiger partial charge in [-0.05, 0) is 64.7 Å². The highest BCUT2D eigenvalue weighted by Crippen LogP contribution is 2.83. The standard InChI is InChI=1S/C31H62Si/c1-12-17-18-22-30(24-27-23-28(7,14-3)29(27,30)8)26(13-2)21-19-20-25(6)31(15-4,16-5)32(9,10)11/h25-27H,12-24H2,1-11H3. The van der Waals surface area contributed by atoms with Crippen molar-refractivity contribution in [3.8, 4) is 0 Å². The molecule has 0 spiro atoms. The summed E-state index contributed by atoms with van der Waals surface area (Å²) in [5.41, 5.74) is 1.85. The molecular formula is C31H62Si. The van der Waals surface area contributed by atoms with Crippen LogP contribution in [-0.2, 0) is 0 Å². The van der Waals surface area contributed by atoms with Crippen molar-refractivity contribution in [1.82, 2.24) is 0 Å². The Morgan fingerprint density at radius 3 is 1.94 bits per heavy atom. The first kappa shape index (κ1) is 28.5. The van der Waals surface area contributed by atoms with Gasteiger partial charge in [-0.2, -0.15) is 0 Å². The minimum atomic E-state index is -1.19. The Morgan fingerprint density at radius 1 is 0.875 bits per heavy atom. The molecule has 2 aliphatic rings. The minimum Gasteiger partial charge on any atom is -0.0691 e. The number of unbranched alkanes of at least 4 members (excludes halogenated alkanes) is 2. The zero-order chi connectivity index (χ0) is 24.4. The maximum absolute atomic E-state index is 2.75. The minimum absolute atomic E-state index is 0.597. The van der Waals surface area contributed by atoms with Gasteiger partial charge in [0.15, 0.2) is 0 Å². The molecule has 0 bridgehead atoms. The van der Waals surface area contributed by atoms with E-state index >= 15 is 0 Å². The molecule has 0 aromatic rings. The molecule has 0 nitrogen and oxygen atoms in total. The van der Waals surface area contributed by atoms with Crippen LogP contribution in [0.5, 0.6) is 0 Å². The van der Waals surface area contributed by atoms with Crippen molar-refractivity contribution in [2.45, 2.75) is 164 Å². The Bertz CT molecular complexity index is 584. The van der Waals surface area contributed by atoms with Crippen LogP contribution in [0.15, 0.2) is 0 Å². The number of hydrogen-bond acceptors (Lipinski definition) is 0. The van der Waals surface area contributed by atoms with Gasteiger partial charge < -0.3 is 0 Å². The first-order valence-electron chi connectivity index (χ1n) is 14.9. The van der Waals surface area contributed by atoms with E-state index in [0.29, 0.717) is 21.3 Å². The molecule has 1 heteroatoms. The summed E-state index contributed by atoms with van der Waals surface area (Å²) in [5.74, 6) is 2.86. The molecule has 0 amide bonds. The summed E-state index contributed by atoms with van der Waals surface area (Å²) < 4.78 is 0. The van der Waals surface area contributed by atoms with Crippen LogP contribution < -0.4 is 0 Å². The first-order chi connectivity index (χ1) is 14.9. The molecule has 0 aromatic carbocycles. The predicted molar refractivity (Wildman–Crippen MR) is 149 cm³/mol. The zero-order valence-corrected chi connectivity index (χ0v) is 25.4. The Labute approximate surface area is 205 Å². The Kier molecular flexibility index (Phi) is 9.30. The smallest absolute Gasteiger partial charge is 0.0508 e. The Morgan fingerprint density at radius 2 is 1.50 bits per heavy atom. The van der Waals surface area contributed by atoms with Crippen LogP contribution in [0, 0.1) is 34.0 Å². The summed E-state index contributed by atoms with van der Waals surface area (Å²) in [5, 5.41) is 0.621. The fourth-order valence-corrected chi connectivity index (χ4v) is 13.8. The molecule has 32 heavy (non-hydrogen) atoms. The number of fused-ring (bicyclic) bond motifs is 1. The SMILES string of the molecule is CCCCCC1(C(CC)CCCC(C)C(CC)(CC)[Si](C)(C)C)CC2CC(C)(CC)C21C. The zero-order valence-electron chi connectivity index (χ0n) is 24.4. The predicted octanol–water partition coefficient (Wildman–Crippen LogP) is 11.1.